The van der Waals surface area contributed by atoms with Gasteiger partial charge in [0, 0.05) is 44.0 Å². The topological polar surface area (TPSA) is 61.7 Å². The molecule has 0 amide bonds. The van der Waals surface area contributed by atoms with Crippen molar-refractivity contribution in [2.75, 3.05) is 36.4 Å². The number of non-ortho nitro benzene ring substituents is 1. The zero-order valence-electron chi connectivity index (χ0n) is 13.7. The van der Waals surface area contributed by atoms with E-state index in [1.807, 2.05) is 12.1 Å². The maximum Gasteiger partial charge on any atom is 0.269 e. The molecule has 1 saturated heterocycles. The molecule has 1 aliphatic rings. The molecule has 2 aromatic rings. The smallest absolute Gasteiger partial charge is 0.269 e. The average molecular weight is 411 g/mol. The lowest BCUT2D eigenvalue weighted by Gasteiger charge is -2.37. The first kappa shape index (κ1) is 18.7. The van der Waals surface area contributed by atoms with Crippen LogP contribution < -0.4 is 10.2 Å². The van der Waals surface area contributed by atoms with Crippen LogP contribution in [0.25, 0.3) is 0 Å². The Hall–Kier alpha value is -2.09. The number of nitro groups is 1. The number of halogens is 2. The van der Waals surface area contributed by atoms with Crippen LogP contribution in [0.3, 0.4) is 0 Å². The number of rotatable bonds is 3. The predicted octanol–water partition coefficient (Wildman–Crippen LogP) is 4.42. The molecule has 0 spiro atoms. The fourth-order valence-corrected chi connectivity index (χ4v) is 3.39. The Bertz CT molecular complexity index is 824. The van der Waals surface area contributed by atoms with E-state index >= 15 is 0 Å². The van der Waals surface area contributed by atoms with Crippen molar-refractivity contribution < 1.29 is 4.92 Å². The normalized spacial score (nSPS) is 14.2. The van der Waals surface area contributed by atoms with Crippen molar-refractivity contribution in [3.63, 3.8) is 0 Å². The third kappa shape index (κ3) is 4.17. The molecule has 0 saturated carbocycles. The molecule has 3 rings (SSSR count). The van der Waals surface area contributed by atoms with Crippen LogP contribution in [-0.2, 0) is 0 Å². The van der Waals surface area contributed by atoms with Crippen LogP contribution in [0.1, 0.15) is 0 Å². The van der Waals surface area contributed by atoms with Gasteiger partial charge in [-0.15, -0.1) is 0 Å². The molecule has 9 heteroatoms. The Morgan fingerprint density at radius 3 is 2.35 bits per heavy atom. The summed E-state index contributed by atoms with van der Waals surface area (Å²) in [5, 5.41) is 15.4. The second-order valence-electron chi connectivity index (χ2n) is 5.78. The molecule has 0 aromatic heterocycles. The molecule has 1 fully saturated rings. The monoisotopic (exact) mass is 410 g/mol. The van der Waals surface area contributed by atoms with Gasteiger partial charge in [0.1, 0.15) is 0 Å². The highest BCUT2D eigenvalue weighted by Crippen LogP contribution is 2.30. The number of nitrogens with one attached hydrogen (secondary N) is 1. The van der Waals surface area contributed by atoms with Gasteiger partial charge in [0.25, 0.3) is 5.69 Å². The minimum absolute atomic E-state index is 0.0937. The zero-order valence-corrected chi connectivity index (χ0v) is 16.0. The summed E-state index contributed by atoms with van der Waals surface area (Å²) < 4.78 is 0. The standard InChI is InChI=1S/C17H16Cl2N4O2S/c18-14-2-1-3-15(16(14)19)20-17(26)22-10-8-21(9-11-22)12-4-6-13(7-5-12)23(24)25/h1-7H,8-11H2,(H,20,26). The Balaban J connectivity index is 1.58. The fourth-order valence-electron chi connectivity index (χ4n) is 2.75. The van der Waals surface area contributed by atoms with Gasteiger partial charge < -0.3 is 15.1 Å². The van der Waals surface area contributed by atoms with E-state index in [1.165, 1.54) is 12.1 Å². The van der Waals surface area contributed by atoms with E-state index in [0.29, 0.717) is 20.8 Å². The van der Waals surface area contributed by atoms with E-state index in [1.54, 1.807) is 18.2 Å². The molecule has 136 valence electrons. The van der Waals surface area contributed by atoms with E-state index in [4.69, 9.17) is 35.4 Å². The van der Waals surface area contributed by atoms with Crippen molar-refractivity contribution in [1.82, 2.24) is 4.90 Å². The number of hydrogen-bond acceptors (Lipinski definition) is 4. The van der Waals surface area contributed by atoms with Crippen LogP contribution >= 0.6 is 35.4 Å². The number of nitro benzene ring substituents is 1. The molecule has 0 aliphatic carbocycles. The van der Waals surface area contributed by atoms with E-state index in [9.17, 15) is 10.1 Å². The first-order valence-corrected chi connectivity index (χ1v) is 9.11. The van der Waals surface area contributed by atoms with Crippen molar-refractivity contribution in [1.29, 1.82) is 0 Å². The molecule has 0 unspecified atom stereocenters. The number of thiocarbonyl (C=S) groups is 1. The molecular formula is C17H16Cl2N4O2S. The van der Waals surface area contributed by atoms with Gasteiger partial charge in [0.2, 0.25) is 0 Å². The molecule has 1 aliphatic heterocycles. The largest absolute Gasteiger partial charge is 0.368 e. The fraction of sp³-hybridized carbons (Fsp3) is 0.235. The van der Waals surface area contributed by atoms with Gasteiger partial charge >= 0.3 is 0 Å². The molecule has 0 bridgehead atoms. The number of nitrogens with zero attached hydrogens (tertiary/aromatic N) is 3. The lowest BCUT2D eigenvalue weighted by atomic mass is 10.2. The van der Waals surface area contributed by atoms with Gasteiger partial charge in [-0.2, -0.15) is 0 Å². The van der Waals surface area contributed by atoms with Crippen molar-refractivity contribution in [3.05, 3.63) is 62.6 Å². The summed E-state index contributed by atoms with van der Waals surface area (Å²) in [5.74, 6) is 0. The molecule has 1 heterocycles. The number of piperazine rings is 1. The van der Waals surface area contributed by atoms with E-state index < -0.39 is 4.92 Å². The van der Waals surface area contributed by atoms with Crippen LogP contribution in [0.5, 0.6) is 0 Å². The molecule has 1 N–H and O–H groups in total. The van der Waals surface area contributed by atoms with Gasteiger partial charge in [0.05, 0.1) is 20.7 Å². The van der Waals surface area contributed by atoms with Gasteiger partial charge in [-0.1, -0.05) is 29.3 Å². The summed E-state index contributed by atoms with van der Waals surface area (Å²) in [5.41, 5.74) is 1.74. The lowest BCUT2D eigenvalue weighted by molar-refractivity contribution is -0.384. The quantitative estimate of drug-likeness (QED) is 0.458. The maximum absolute atomic E-state index is 10.7. The minimum Gasteiger partial charge on any atom is -0.368 e. The van der Waals surface area contributed by atoms with Gasteiger partial charge in [-0.3, -0.25) is 10.1 Å². The number of anilines is 2. The van der Waals surface area contributed by atoms with E-state index in [-0.39, 0.29) is 5.69 Å². The number of hydrogen-bond donors (Lipinski definition) is 1. The molecular weight excluding hydrogens is 395 g/mol. The van der Waals surface area contributed by atoms with Crippen LogP contribution in [-0.4, -0.2) is 41.1 Å². The Kier molecular flexibility index (Phi) is 5.80. The van der Waals surface area contributed by atoms with Gasteiger partial charge in [-0.25, -0.2) is 0 Å². The second-order valence-corrected chi connectivity index (χ2v) is 6.95. The van der Waals surface area contributed by atoms with E-state index in [2.05, 4.69) is 15.1 Å². The lowest BCUT2D eigenvalue weighted by Crippen LogP contribution is -2.50. The van der Waals surface area contributed by atoms with Crippen molar-refractivity contribution in [3.8, 4) is 0 Å². The first-order chi connectivity index (χ1) is 12.5. The second kappa shape index (κ2) is 8.07. The summed E-state index contributed by atoms with van der Waals surface area (Å²) in [6.07, 6.45) is 0. The predicted molar refractivity (Wildman–Crippen MR) is 110 cm³/mol. The van der Waals surface area contributed by atoms with Crippen LogP contribution in [0, 0.1) is 10.1 Å². The number of benzene rings is 2. The minimum atomic E-state index is -0.396. The zero-order chi connectivity index (χ0) is 18.7. The summed E-state index contributed by atoms with van der Waals surface area (Å²) in [7, 11) is 0. The summed E-state index contributed by atoms with van der Waals surface area (Å²) in [6, 6.07) is 12.0. The van der Waals surface area contributed by atoms with Crippen molar-refractivity contribution in [2.24, 2.45) is 0 Å². The van der Waals surface area contributed by atoms with Crippen LogP contribution in [0.4, 0.5) is 17.1 Å². The van der Waals surface area contributed by atoms with Crippen LogP contribution in [0.2, 0.25) is 10.0 Å². The molecule has 0 radical (unpaired) electrons. The summed E-state index contributed by atoms with van der Waals surface area (Å²) in [6.45, 7) is 3.01. The third-order valence-electron chi connectivity index (χ3n) is 4.19. The maximum atomic E-state index is 10.7. The summed E-state index contributed by atoms with van der Waals surface area (Å²) >= 11 is 17.7. The summed E-state index contributed by atoms with van der Waals surface area (Å²) in [4.78, 5) is 14.6. The molecule has 26 heavy (non-hydrogen) atoms. The van der Waals surface area contributed by atoms with Crippen molar-refractivity contribution in [2.45, 2.75) is 0 Å². The molecule has 2 aromatic carbocycles. The molecule has 6 nitrogen and oxygen atoms in total. The molecule has 0 atom stereocenters. The van der Waals surface area contributed by atoms with Gasteiger partial charge in [0.15, 0.2) is 5.11 Å². The Labute approximate surface area is 166 Å². The van der Waals surface area contributed by atoms with Crippen molar-refractivity contribution >= 4 is 57.6 Å². The van der Waals surface area contributed by atoms with Gasteiger partial charge in [-0.05, 0) is 36.5 Å². The van der Waals surface area contributed by atoms with E-state index in [0.717, 1.165) is 31.9 Å². The Morgan fingerprint density at radius 2 is 1.73 bits per heavy atom. The first-order valence-electron chi connectivity index (χ1n) is 7.95. The average Bonchev–Trinajstić information content (AvgIpc) is 2.65. The third-order valence-corrected chi connectivity index (χ3v) is 5.36. The highest BCUT2D eigenvalue weighted by molar-refractivity contribution is 7.80. The SMILES string of the molecule is O=[N+]([O-])c1ccc(N2CCN(C(=S)Nc3cccc(Cl)c3Cl)CC2)cc1. The highest BCUT2D eigenvalue weighted by atomic mass is 35.5. The Morgan fingerprint density at radius 1 is 1.08 bits per heavy atom. The van der Waals surface area contributed by atoms with Crippen LogP contribution in [0.15, 0.2) is 42.5 Å². The highest BCUT2D eigenvalue weighted by Gasteiger charge is 2.20.